The highest BCUT2D eigenvalue weighted by Crippen LogP contribution is 2.31. The van der Waals surface area contributed by atoms with Crippen LogP contribution in [0.5, 0.6) is 0 Å². The molecule has 0 atom stereocenters. The van der Waals surface area contributed by atoms with Gasteiger partial charge in [0.2, 0.25) is 0 Å². The van der Waals surface area contributed by atoms with Crippen molar-refractivity contribution in [2.24, 2.45) is 5.92 Å². The molecule has 1 saturated heterocycles. The van der Waals surface area contributed by atoms with Gasteiger partial charge in [-0.2, -0.15) is 5.26 Å². The van der Waals surface area contributed by atoms with E-state index in [9.17, 15) is 10.1 Å². The number of anilines is 2. The van der Waals surface area contributed by atoms with Crippen LogP contribution in [0.25, 0.3) is 16.9 Å². The van der Waals surface area contributed by atoms with Gasteiger partial charge in [-0.05, 0) is 69.4 Å². The molecule has 4 aromatic rings. The van der Waals surface area contributed by atoms with Crippen molar-refractivity contribution >= 4 is 17.3 Å². The molecule has 2 fully saturated rings. The number of amides is 1. The van der Waals surface area contributed by atoms with E-state index in [2.05, 4.69) is 47.5 Å². The maximum Gasteiger partial charge on any atom is 0.255 e. The minimum Gasteiger partial charge on any atom is -0.368 e. The summed E-state index contributed by atoms with van der Waals surface area (Å²) < 4.78 is 1.67. The molecular weight excluding hydrogens is 526 g/mol. The maximum atomic E-state index is 13.1. The molecule has 4 heterocycles. The third kappa shape index (κ3) is 6.02. The Balaban J connectivity index is 1.16. The predicted octanol–water partition coefficient (Wildman–Crippen LogP) is 4.62. The summed E-state index contributed by atoms with van der Waals surface area (Å²) in [5.74, 6) is 0.637. The lowest BCUT2D eigenvalue weighted by Gasteiger charge is -2.36. The smallest absolute Gasteiger partial charge is 0.255 e. The molecule has 42 heavy (non-hydrogen) atoms. The van der Waals surface area contributed by atoms with E-state index in [1.165, 1.54) is 19.4 Å². The highest BCUT2D eigenvalue weighted by atomic mass is 16.1. The van der Waals surface area contributed by atoms with Crippen LogP contribution in [0.15, 0.2) is 61.2 Å². The fourth-order valence-electron chi connectivity index (χ4n) is 5.25. The molecule has 1 aliphatic carbocycles. The summed E-state index contributed by atoms with van der Waals surface area (Å²) in [4.78, 5) is 27.0. The molecule has 0 spiro atoms. The average Bonchev–Trinajstić information content (AvgIpc) is 3.69. The van der Waals surface area contributed by atoms with Gasteiger partial charge in [0.15, 0.2) is 0 Å². The first-order valence-electron chi connectivity index (χ1n) is 14.4. The number of carbonyl (C=O) groups is 1. The van der Waals surface area contributed by atoms with Crippen molar-refractivity contribution in [3.8, 4) is 23.0 Å². The largest absolute Gasteiger partial charge is 0.368 e. The average molecular weight is 562 g/mol. The number of hydrogen-bond donors (Lipinski definition) is 1. The Morgan fingerprint density at radius 3 is 2.67 bits per heavy atom. The zero-order chi connectivity index (χ0) is 29.3. The first kappa shape index (κ1) is 27.5. The number of carbonyl (C=O) groups excluding carboxylic acids is 1. The number of rotatable bonds is 8. The van der Waals surface area contributed by atoms with Crippen molar-refractivity contribution in [2.45, 2.75) is 39.0 Å². The van der Waals surface area contributed by atoms with E-state index in [4.69, 9.17) is 0 Å². The molecule has 1 amide bonds. The van der Waals surface area contributed by atoms with Gasteiger partial charge in [-0.1, -0.05) is 17.3 Å². The van der Waals surface area contributed by atoms with Crippen LogP contribution in [-0.2, 0) is 5.41 Å². The predicted molar refractivity (Wildman–Crippen MR) is 162 cm³/mol. The van der Waals surface area contributed by atoms with Crippen LogP contribution in [0, 0.1) is 24.2 Å². The molecule has 1 aromatic carbocycles. The summed E-state index contributed by atoms with van der Waals surface area (Å²) in [5.41, 5.74) is 5.25. The molecule has 1 aliphatic heterocycles. The fraction of sp³-hybridized carbons (Fsp3) is 0.375. The van der Waals surface area contributed by atoms with Crippen LogP contribution in [0.4, 0.5) is 11.4 Å². The molecule has 0 radical (unpaired) electrons. The number of hydrogen-bond acceptors (Lipinski definition) is 8. The molecule has 6 rings (SSSR count). The Morgan fingerprint density at radius 2 is 1.90 bits per heavy atom. The van der Waals surface area contributed by atoms with E-state index >= 15 is 0 Å². The number of nitriles is 1. The Hall–Kier alpha value is -4.62. The van der Waals surface area contributed by atoms with Gasteiger partial charge in [-0.3, -0.25) is 19.7 Å². The lowest BCUT2D eigenvalue weighted by molar-refractivity contribution is 0.102. The number of pyridine rings is 2. The van der Waals surface area contributed by atoms with Crippen LogP contribution in [-0.4, -0.2) is 68.5 Å². The second kappa shape index (κ2) is 11.3. The summed E-state index contributed by atoms with van der Waals surface area (Å²) in [6.45, 7) is 10.9. The lowest BCUT2D eigenvalue weighted by atomic mass is 9.85. The summed E-state index contributed by atoms with van der Waals surface area (Å²) in [6.07, 6.45) is 9.98. The molecule has 214 valence electrons. The van der Waals surface area contributed by atoms with Gasteiger partial charge in [0, 0.05) is 50.0 Å². The Morgan fingerprint density at radius 1 is 1.10 bits per heavy atom. The van der Waals surface area contributed by atoms with E-state index in [-0.39, 0.29) is 5.91 Å². The summed E-state index contributed by atoms with van der Waals surface area (Å²) >= 11 is 0. The molecule has 10 nitrogen and oxygen atoms in total. The quantitative estimate of drug-likeness (QED) is 0.331. The van der Waals surface area contributed by atoms with E-state index < -0.39 is 5.41 Å². The number of piperazine rings is 1. The molecule has 0 bridgehead atoms. The van der Waals surface area contributed by atoms with E-state index in [0.717, 1.165) is 54.6 Å². The van der Waals surface area contributed by atoms with Gasteiger partial charge in [0.25, 0.3) is 5.91 Å². The zero-order valence-electron chi connectivity index (χ0n) is 24.3. The van der Waals surface area contributed by atoms with Gasteiger partial charge >= 0.3 is 0 Å². The normalized spacial score (nSPS) is 15.8. The van der Waals surface area contributed by atoms with Crippen LogP contribution in [0.3, 0.4) is 0 Å². The van der Waals surface area contributed by atoms with Crippen molar-refractivity contribution in [1.29, 1.82) is 5.26 Å². The van der Waals surface area contributed by atoms with Gasteiger partial charge in [0.1, 0.15) is 5.69 Å². The van der Waals surface area contributed by atoms with E-state index in [0.29, 0.717) is 22.6 Å². The topological polar surface area (TPSA) is 116 Å². The number of aryl methyl sites for hydroxylation is 1. The van der Waals surface area contributed by atoms with E-state index in [1.807, 2.05) is 51.5 Å². The first-order valence-corrected chi connectivity index (χ1v) is 14.4. The highest BCUT2D eigenvalue weighted by molar-refractivity contribution is 6.04. The number of aromatic nitrogens is 5. The first-order chi connectivity index (χ1) is 20.3. The minimum atomic E-state index is -0.695. The standard InChI is InChI=1S/C32H35N9O/c1-22-30(15-27(17-35-22)36-31(42)24-5-4-6-26(13-24)32(2,3)21-33)41-20-29(37-38-41)25-14-28(18-34-16-25)40-11-9-39(10-12-40)19-23-7-8-23/h4-6,13-18,20,23H,7-12,19H2,1-3H3,(H,36,42). The van der Waals surface area contributed by atoms with Crippen molar-refractivity contribution < 1.29 is 4.79 Å². The Bertz CT molecular complexity index is 1640. The Labute approximate surface area is 246 Å². The van der Waals surface area contributed by atoms with Gasteiger partial charge in [-0.15, -0.1) is 5.10 Å². The van der Waals surface area contributed by atoms with Crippen molar-refractivity contribution in [1.82, 2.24) is 29.9 Å². The number of benzene rings is 1. The van der Waals surface area contributed by atoms with Crippen LogP contribution in [0.2, 0.25) is 0 Å². The van der Waals surface area contributed by atoms with Crippen LogP contribution >= 0.6 is 0 Å². The second-order valence-corrected chi connectivity index (χ2v) is 11.8. The van der Waals surface area contributed by atoms with Gasteiger partial charge in [0.05, 0.1) is 52.8 Å². The molecule has 1 N–H and O–H groups in total. The van der Waals surface area contributed by atoms with E-state index in [1.54, 1.807) is 29.1 Å². The summed E-state index contributed by atoms with van der Waals surface area (Å²) in [7, 11) is 0. The molecule has 3 aromatic heterocycles. The molecule has 1 saturated carbocycles. The van der Waals surface area contributed by atoms with Gasteiger partial charge in [-0.25, -0.2) is 4.68 Å². The summed E-state index contributed by atoms with van der Waals surface area (Å²) in [5, 5.41) is 21.2. The second-order valence-electron chi connectivity index (χ2n) is 11.8. The molecule has 10 heteroatoms. The van der Waals surface area contributed by atoms with Gasteiger partial charge < -0.3 is 10.2 Å². The highest BCUT2D eigenvalue weighted by Gasteiger charge is 2.27. The zero-order valence-corrected chi connectivity index (χ0v) is 24.3. The van der Waals surface area contributed by atoms with Crippen molar-refractivity contribution in [3.63, 3.8) is 0 Å². The minimum absolute atomic E-state index is 0.280. The fourth-order valence-corrected chi connectivity index (χ4v) is 5.25. The Kier molecular flexibility index (Phi) is 7.43. The van der Waals surface area contributed by atoms with Crippen molar-refractivity contribution in [3.05, 3.63) is 78.0 Å². The maximum absolute atomic E-state index is 13.1. The lowest BCUT2D eigenvalue weighted by Crippen LogP contribution is -2.47. The molecule has 0 unspecified atom stereocenters. The molecule has 2 aliphatic rings. The number of nitrogens with zero attached hydrogens (tertiary/aromatic N) is 8. The number of nitrogens with one attached hydrogen (secondary N) is 1. The van der Waals surface area contributed by atoms with Crippen LogP contribution < -0.4 is 10.2 Å². The van der Waals surface area contributed by atoms with Crippen LogP contribution in [0.1, 0.15) is 48.3 Å². The SMILES string of the molecule is Cc1ncc(NC(=O)c2cccc(C(C)(C)C#N)c2)cc1-n1cc(-c2cncc(N3CCN(CC4CC4)CC3)c2)nn1. The third-order valence-electron chi connectivity index (χ3n) is 8.15. The monoisotopic (exact) mass is 561 g/mol. The summed E-state index contributed by atoms with van der Waals surface area (Å²) in [6, 6.07) is 13.4. The van der Waals surface area contributed by atoms with Crippen molar-refractivity contribution in [2.75, 3.05) is 42.9 Å². The molecular formula is C32H35N9O. The third-order valence-corrected chi connectivity index (χ3v) is 8.15.